The average Bonchev–Trinajstić information content (AvgIpc) is 3.47. The molecule has 6 rings (SSSR count). The van der Waals surface area contributed by atoms with Gasteiger partial charge in [0.05, 0.1) is 24.2 Å². The van der Waals surface area contributed by atoms with Crippen molar-refractivity contribution in [2.75, 3.05) is 6.61 Å². The number of ether oxygens (including phenoxy) is 2. The van der Waals surface area contributed by atoms with Gasteiger partial charge in [-0.1, -0.05) is 32.4 Å². The molecule has 0 aromatic carbocycles. The molecule has 5 aliphatic carbocycles. The van der Waals surface area contributed by atoms with Crippen molar-refractivity contribution in [3.63, 3.8) is 0 Å². The topological polar surface area (TPSA) is 137 Å². The summed E-state index contributed by atoms with van der Waals surface area (Å²) < 4.78 is 11.8. The quantitative estimate of drug-likeness (QED) is 0.252. The third-order valence-corrected chi connectivity index (χ3v) is 14.9. The fourth-order valence-corrected chi connectivity index (χ4v) is 12.5. The molecular formula is C35H56O8. The zero-order valence-corrected chi connectivity index (χ0v) is 27.1. The van der Waals surface area contributed by atoms with Gasteiger partial charge in [0.15, 0.2) is 6.29 Å². The molecule has 6 aliphatic rings. The number of fused-ring (bicyclic) bond motifs is 2. The monoisotopic (exact) mass is 604 g/mol. The average molecular weight is 605 g/mol. The van der Waals surface area contributed by atoms with Gasteiger partial charge in [0.25, 0.3) is 0 Å². The molecule has 8 nitrogen and oxygen atoms in total. The Balaban J connectivity index is 1.27. The van der Waals surface area contributed by atoms with Crippen LogP contribution >= 0.6 is 0 Å². The lowest BCUT2D eigenvalue weighted by Gasteiger charge is -2.64. The molecule has 0 amide bonds. The summed E-state index contributed by atoms with van der Waals surface area (Å²) in [5, 5.41) is 53.2. The number of aliphatic carboxylic acids is 1. The molecule has 43 heavy (non-hydrogen) atoms. The summed E-state index contributed by atoms with van der Waals surface area (Å²) in [6, 6.07) is 0. The minimum atomic E-state index is -1.40. The first kappa shape index (κ1) is 31.9. The van der Waals surface area contributed by atoms with Crippen LogP contribution in [0.5, 0.6) is 0 Å². The van der Waals surface area contributed by atoms with Crippen molar-refractivity contribution in [3.8, 4) is 0 Å². The molecule has 0 unspecified atom stereocenters. The highest BCUT2D eigenvalue weighted by Crippen LogP contribution is 2.89. The molecular weight excluding hydrogens is 548 g/mol. The maximum Gasteiger partial charge on any atom is 0.312 e. The zero-order chi connectivity index (χ0) is 31.3. The molecule has 15 atom stereocenters. The Bertz CT molecular complexity index is 1140. The summed E-state index contributed by atoms with van der Waals surface area (Å²) in [6.07, 6.45) is 5.50. The smallest absolute Gasteiger partial charge is 0.312 e. The summed E-state index contributed by atoms with van der Waals surface area (Å²) in [4.78, 5) is 13.2. The van der Waals surface area contributed by atoms with Crippen LogP contribution in [0.4, 0.5) is 0 Å². The lowest BCUT2D eigenvalue weighted by Crippen LogP contribution is -2.64. The second-order valence-corrected chi connectivity index (χ2v) is 16.5. The Morgan fingerprint density at radius 1 is 1.00 bits per heavy atom. The molecule has 0 bridgehead atoms. The van der Waals surface area contributed by atoms with E-state index in [0.29, 0.717) is 17.8 Å². The van der Waals surface area contributed by atoms with E-state index in [9.17, 15) is 30.3 Å². The van der Waals surface area contributed by atoms with Crippen molar-refractivity contribution in [3.05, 3.63) is 11.6 Å². The van der Waals surface area contributed by atoms with Gasteiger partial charge in [-0.15, -0.1) is 0 Å². The summed E-state index contributed by atoms with van der Waals surface area (Å²) in [7, 11) is 0. The van der Waals surface area contributed by atoms with Gasteiger partial charge in [0, 0.05) is 11.8 Å². The molecule has 2 spiro atoms. The molecule has 5 saturated carbocycles. The molecule has 1 saturated heterocycles. The van der Waals surface area contributed by atoms with E-state index in [2.05, 4.69) is 40.7 Å². The van der Waals surface area contributed by atoms with E-state index in [0.717, 1.165) is 38.5 Å². The normalized spacial score (nSPS) is 54.1. The fraction of sp³-hybridized carbons (Fsp3) is 0.914. The molecule has 5 N–H and O–H groups in total. The van der Waals surface area contributed by atoms with Gasteiger partial charge in [-0.25, -0.2) is 0 Å². The summed E-state index contributed by atoms with van der Waals surface area (Å²) >= 11 is 0. The predicted octanol–water partition coefficient (Wildman–Crippen LogP) is 4.67. The van der Waals surface area contributed by atoms with Crippen molar-refractivity contribution >= 4 is 5.97 Å². The second-order valence-electron chi connectivity index (χ2n) is 16.5. The van der Waals surface area contributed by atoms with Crippen LogP contribution in [0.25, 0.3) is 0 Å². The van der Waals surface area contributed by atoms with E-state index < -0.39 is 60.2 Å². The van der Waals surface area contributed by atoms with Gasteiger partial charge in [0.2, 0.25) is 0 Å². The third kappa shape index (κ3) is 4.11. The lowest BCUT2D eigenvalue weighted by molar-refractivity contribution is -0.262. The van der Waals surface area contributed by atoms with Crippen molar-refractivity contribution in [1.29, 1.82) is 0 Å². The Morgan fingerprint density at radius 3 is 2.33 bits per heavy atom. The molecule has 1 aliphatic heterocycles. The molecule has 0 aromatic heterocycles. The van der Waals surface area contributed by atoms with E-state index in [-0.39, 0.29) is 28.6 Å². The van der Waals surface area contributed by atoms with Gasteiger partial charge in [0.1, 0.15) is 18.3 Å². The van der Waals surface area contributed by atoms with E-state index in [1.165, 1.54) is 24.8 Å². The molecule has 8 heteroatoms. The van der Waals surface area contributed by atoms with Crippen LogP contribution in [0.3, 0.4) is 0 Å². The van der Waals surface area contributed by atoms with Crippen molar-refractivity contribution in [2.24, 2.45) is 50.7 Å². The highest BCUT2D eigenvalue weighted by atomic mass is 16.7. The van der Waals surface area contributed by atoms with Crippen LogP contribution in [-0.4, -0.2) is 74.9 Å². The van der Waals surface area contributed by atoms with Crippen LogP contribution in [-0.2, 0) is 14.3 Å². The van der Waals surface area contributed by atoms with Crippen molar-refractivity contribution in [2.45, 2.75) is 143 Å². The van der Waals surface area contributed by atoms with Gasteiger partial charge >= 0.3 is 5.97 Å². The van der Waals surface area contributed by atoms with Crippen LogP contribution in [0.1, 0.15) is 106 Å². The largest absolute Gasteiger partial charge is 0.481 e. The standard InChI is InChI=1S/C35H56O8/c1-19(2)8-7-9-20(3)21-12-13-32(5)23-10-11-24-33(6,30(40)41)26(43-29-28(39)27(38)22(17-36)42-29)16-25(37)35(24)18-34(23,35)15-14-31(21,32)4/h8,20-29,36-39H,7,9-18H2,1-6H3,(H,40,41)/t20-,21-,22+,23+,24-,25+,26+,27-,28+,29+,31-,32+,33+,34+,35-/m1/s1. The summed E-state index contributed by atoms with van der Waals surface area (Å²) in [5.74, 6) is 0.607. The van der Waals surface area contributed by atoms with Gasteiger partial charge in [-0.05, 0) is 118 Å². The summed E-state index contributed by atoms with van der Waals surface area (Å²) in [5.41, 5.74) is 0.0226. The number of hydrogen-bond donors (Lipinski definition) is 5. The first-order chi connectivity index (χ1) is 20.1. The van der Waals surface area contributed by atoms with Gasteiger partial charge < -0.3 is 35.0 Å². The number of hydrogen-bond acceptors (Lipinski definition) is 7. The van der Waals surface area contributed by atoms with Crippen LogP contribution < -0.4 is 0 Å². The van der Waals surface area contributed by atoms with Crippen LogP contribution in [0.2, 0.25) is 0 Å². The Hall–Kier alpha value is -1.03. The second kappa shape index (κ2) is 10.5. The molecule has 1 heterocycles. The number of carboxylic acid groups (broad SMARTS) is 1. The van der Waals surface area contributed by atoms with E-state index in [1.54, 1.807) is 6.92 Å². The number of aliphatic hydroxyl groups is 4. The first-order valence-corrected chi connectivity index (χ1v) is 17.0. The number of carboxylic acids is 1. The van der Waals surface area contributed by atoms with Crippen LogP contribution in [0, 0.1) is 50.7 Å². The number of rotatable bonds is 8. The summed E-state index contributed by atoms with van der Waals surface area (Å²) in [6.45, 7) is 13.2. The first-order valence-electron chi connectivity index (χ1n) is 17.0. The maximum absolute atomic E-state index is 13.2. The molecule has 0 radical (unpaired) electrons. The van der Waals surface area contributed by atoms with E-state index >= 15 is 0 Å². The highest BCUT2D eigenvalue weighted by molar-refractivity contribution is 5.76. The SMILES string of the molecule is CC(C)=CCC[C@@H](C)[C@H]1CC[C@@]2(C)[C@@H]3CC[C@@H]4[C@](C)(C(=O)O)[C@@H](O[C@@H]5O[C@@H](CO)[C@@H](O)[C@@H]5O)C[C@H](O)[C@@]45C[C@@]35CC[C@]12C. The minimum absolute atomic E-state index is 0.0486. The molecule has 0 aromatic rings. The minimum Gasteiger partial charge on any atom is -0.481 e. The van der Waals surface area contributed by atoms with Gasteiger partial charge in [-0.2, -0.15) is 0 Å². The highest BCUT2D eigenvalue weighted by Gasteiger charge is 2.86. The zero-order valence-electron chi connectivity index (χ0n) is 27.1. The number of carbonyl (C=O) groups is 1. The number of aliphatic hydroxyl groups excluding tert-OH is 4. The van der Waals surface area contributed by atoms with Crippen molar-refractivity contribution < 1.29 is 39.8 Å². The lowest BCUT2D eigenvalue weighted by atomic mass is 9.41. The van der Waals surface area contributed by atoms with Crippen molar-refractivity contribution in [1.82, 2.24) is 0 Å². The van der Waals surface area contributed by atoms with Gasteiger partial charge in [-0.3, -0.25) is 4.79 Å². The Morgan fingerprint density at radius 2 is 1.70 bits per heavy atom. The Labute approximate surface area is 257 Å². The Kier molecular flexibility index (Phi) is 7.79. The van der Waals surface area contributed by atoms with E-state index in [4.69, 9.17) is 9.47 Å². The molecule has 244 valence electrons. The van der Waals surface area contributed by atoms with E-state index in [1.807, 2.05) is 0 Å². The molecule has 6 fully saturated rings. The predicted molar refractivity (Wildman–Crippen MR) is 161 cm³/mol. The third-order valence-electron chi connectivity index (χ3n) is 14.9. The fourth-order valence-electron chi connectivity index (χ4n) is 12.5. The van der Waals surface area contributed by atoms with Crippen LogP contribution in [0.15, 0.2) is 11.6 Å². The maximum atomic E-state index is 13.2. The number of allylic oxidation sites excluding steroid dienone is 2.